The Morgan fingerprint density at radius 1 is 1.17 bits per heavy atom. The quantitative estimate of drug-likeness (QED) is 0.558. The summed E-state index contributed by atoms with van der Waals surface area (Å²) in [5.41, 5.74) is -0.102. The Morgan fingerprint density at radius 2 is 1.86 bits per heavy atom. The van der Waals surface area contributed by atoms with Gasteiger partial charge in [-0.3, -0.25) is 14.8 Å². The number of amidine groups is 1. The van der Waals surface area contributed by atoms with Crippen molar-refractivity contribution < 1.29 is 22.7 Å². The molecule has 29 heavy (non-hydrogen) atoms. The van der Waals surface area contributed by atoms with Crippen LogP contribution in [-0.4, -0.2) is 47.2 Å². The molecular weight excluding hydrogens is 383 g/mol. The van der Waals surface area contributed by atoms with Gasteiger partial charge < -0.3 is 9.64 Å². The van der Waals surface area contributed by atoms with E-state index in [1.54, 1.807) is 12.3 Å². The van der Waals surface area contributed by atoms with Gasteiger partial charge in [-0.1, -0.05) is 18.2 Å². The fourth-order valence-electron chi connectivity index (χ4n) is 3.19. The summed E-state index contributed by atoms with van der Waals surface area (Å²) < 4.78 is 45.2. The molecule has 5 nitrogen and oxygen atoms in total. The van der Waals surface area contributed by atoms with Crippen molar-refractivity contribution in [1.29, 1.82) is 0 Å². The lowest BCUT2D eigenvalue weighted by molar-refractivity contribution is -0.139. The van der Waals surface area contributed by atoms with Crippen molar-refractivity contribution >= 4 is 11.6 Å². The van der Waals surface area contributed by atoms with Gasteiger partial charge in [0, 0.05) is 32.1 Å². The number of aliphatic imine (C=N–C) groups is 1. The van der Waals surface area contributed by atoms with Gasteiger partial charge in [-0.25, -0.2) is 0 Å². The second-order valence-electron chi connectivity index (χ2n) is 6.86. The van der Waals surface area contributed by atoms with Crippen molar-refractivity contribution in [3.8, 4) is 5.75 Å². The lowest BCUT2D eigenvalue weighted by atomic mass is 10.1. The van der Waals surface area contributed by atoms with Gasteiger partial charge >= 0.3 is 6.18 Å². The summed E-state index contributed by atoms with van der Waals surface area (Å²) in [5, 5.41) is 0. The first-order chi connectivity index (χ1) is 13.8. The number of halogens is 3. The van der Waals surface area contributed by atoms with Crippen LogP contribution in [0.25, 0.3) is 0 Å². The first-order valence-electron chi connectivity index (χ1n) is 9.37. The number of carbonyl (C=O) groups is 1. The normalized spacial score (nSPS) is 16.0. The van der Waals surface area contributed by atoms with Crippen LogP contribution in [0.3, 0.4) is 0 Å². The SMILES string of the molecule is CC(=O)CN=C(c1ccccn1)N1CCC(Oc2ccccc2C(F)(F)F)CC1. The van der Waals surface area contributed by atoms with Crippen LogP contribution in [0.2, 0.25) is 0 Å². The Balaban J connectivity index is 1.69. The molecule has 1 aliphatic heterocycles. The van der Waals surface area contributed by atoms with Gasteiger partial charge in [-0.15, -0.1) is 0 Å². The minimum Gasteiger partial charge on any atom is -0.490 e. The van der Waals surface area contributed by atoms with E-state index in [4.69, 9.17) is 4.74 Å². The van der Waals surface area contributed by atoms with E-state index in [9.17, 15) is 18.0 Å². The van der Waals surface area contributed by atoms with E-state index in [1.165, 1.54) is 25.1 Å². The van der Waals surface area contributed by atoms with E-state index >= 15 is 0 Å². The maximum absolute atomic E-state index is 13.2. The summed E-state index contributed by atoms with van der Waals surface area (Å²) in [6.45, 7) is 2.62. The number of rotatable bonds is 5. The van der Waals surface area contributed by atoms with Gasteiger partial charge in [0.05, 0.1) is 12.1 Å². The molecule has 0 N–H and O–H groups in total. The van der Waals surface area contributed by atoms with Crippen molar-refractivity contribution in [1.82, 2.24) is 9.88 Å². The number of hydrogen-bond donors (Lipinski definition) is 0. The standard InChI is InChI=1S/C21H22F3N3O2/c1-15(28)14-26-20(18-7-4-5-11-25-18)27-12-9-16(10-13-27)29-19-8-3-2-6-17(19)21(22,23)24/h2-8,11,16H,9-10,12-14H2,1H3. The van der Waals surface area contributed by atoms with Crippen LogP contribution in [0.4, 0.5) is 13.2 Å². The molecule has 0 saturated carbocycles. The summed E-state index contributed by atoms with van der Waals surface area (Å²) >= 11 is 0. The number of likely N-dealkylation sites (tertiary alicyclic amines) is 1. The van der Waals surface area contributed by atoms with E-state index in [2.05, 4.69) is 9.98 Å². The molecule has 154 valence electrons. The summed E-state index contributed by atoms with van der Waals surface area (Å²) in [6.07, 6.45) is -2.05. The van der Waals surface area contributed by atoms with Crippen LogP contribution in [0.15, 0.2) is 53.7 Å². The van der Waals surface area contributed by atoms with Crippen LogP contribution in [0, 0.1) is 0 Å². The maximum Gasteiger partial charge on any atom is 0.419 e. The second kappa shape index (κ2) is 9.07. The molecule has 0 atom stereocenters. The fourth-order valence-corrected chi connectivity index (χ4v) is 3.19. The minimum atomic E-state index is -4.46. The molecule has 2 heterocycles. The third kappa shape index (κ3) is 5.56. The predicted molar refractivity (Wildman–Crippen MR) is 103 cm³/mol. The number of para-hydroxylation sites is 1. The Labute approximate surface area is 167 Å². The van der Waals surface area contributed by atoms with Crippen LogP contribution < -0.4 is 4.74 Å². The third-order valence-electron chi connectivity index (χ3n) is 4.57. The number of aromatic nitrogens is 1. The molecule has 1 fully saturated rings. The smallest absolute Gasteiger partial charge is 0.419 e. The van der Waals surface area contributed by atoms with Crippen LogP contribution in [0.5, 0.6) is 5.75 Å². The minimum absolute atomic E-state index is 0.0552. The highest BCUT2D eigenvalue weighted by molar-refractivity contribution is 5.98. The van der Waals surface area contributed by atoms with Crippen LogP contribution in [0.1, 0.15) is 31.0 Å². The van der Waals surface area contributed by atoms with Crippen LogP contribution in [-0.2, 0) is 11.0 Å². The molecule has 1 aliphatic rings. The highest BCUT2D eigenvalue weighted by Gasteiger charge is 2.35. The zero-order chi connectivity index (χ0) is 20.9. The monoisotopic (exact) mass is 405 g/mol. The molecule has 3 rings (SSSR count). The first kappa shape index (κ1) is 20.8. The molecule has 1 saturated heterocycles. The molecule has 1 aromatic heterocycles. The Bertz CT molecular complexity index is 861. The number of alkyl halides is 3. The first-order valence-corrected chi connectivity index (χ1v) is 9.37. The molecule has 8 heteroatoms. The van der Waals surface area contributed by atoms with Gasteiger partial charge in [0.25, 0.3) is 0 Å². The highest BCUT2D eigenvalue weighted by atomic mass is 19.4. The Hall–Kier alpha value is -2.90. The van der Waals surface area contributed by atoms with Crippen molar-refractivity contribution in [2.24, 2.45) is 4.99 Å². The number of nitrogens with zero attached hydrogens (tertiary/aromatic N) is 3. The predicted octanol–water partition coefficient (Wildman–Crippen LogP) is 3.98. The van der Waals surface area contributed by atoms with Gasteiger partial charge in [-0.05, 0) is 31.2 Å². The largest absolute Gasteiger partial charge is 0.490 e. The zero-order valence-electron chi connectivity index (χ0n) is 16.0. The van der Waals surface area contributed by atoms with Gasteiger partial charge in [0.1, 0.15) is 23.4 Å². The van der Waals surface area contributed by atoms with E-state index in [1.807, 2.05) is 17.0 Å². The zero-order valence-corrected chi connectivity index (χ0v) is 16.0. The summed E-state index contributed by atoms with van der Waals surface area (Å²) in [4.78, 5) is 22.1. The lowest BCUT2D eigenvalue weighted by Crippen LogP contribution is -2.42. The Morgan fingerprint density at radius 3 is 2.48 bits per heavy atom. The molecular formula is C21H22F3N3O2. The van der Waals surface area contributed by atoms with Crippen molar-refractivity contribution in [3.63, 3.8) is 0 Å². The van der Waals surface area contributed by atoms with Gasteiger partial charge in [0.15, 0.2) is 5.78 Å². The van der Waals surface area contributed by atoms with E-state index in [0.717, 1.165) is 6.07 Å². The van der Waals surface area contributed by atoms with E-state index in [0.29, 0.717) is 37.5 Å². The maximum atomic E-state index is 13.2. The molecule has 0 bridgehead atoms. The number of pyridine rings is 1. The number of Topliss-reactive ketones (excluding diaryl/α,β-unsaturated/α-hetero) is 1. The Kier molecular flexibility index (Phi) is 6.51. The van der Waals surface area contributed by atoms with Crippen molar-refractivity contribution in [3.05, 3.63) is 59.9 Å². The average Bonchev–Trinajstić information content (AvgIpc) is 2.69. The lowest BCUT2D eigenvalue weighted by Gasteiger charge is -2.34. The number of hydrogen-bond acceptors (Lipinski definition) is 4. The third-order valence-corrected chi connectivity index (χ3v) is 4.57. The van der Waals surface area contributed by atoms with Crippen molar-refractivity contribution in [2.75, 3.05) is 19.6 Å². The number of piperidine rings is 1. The number of benzene rings is 1. The fraction of sp³-hybridized carbons (Fsp3) is 0.381. The number of ketones is 1. The molecule has 0 aliphatic carbocycles. The van der Waals surface area contributed by atoms with Gasteiger partial charge in [0.2, 0.25) is 0 Å². The molecule has 1 aromatic carbocycles. The van der Waals surface area contributed by atoms with Crippen molar-refractivity contribution in [2.45, 2.75) is 32.0 Å². The number of carbonyl (C=O) groups excluding carboxylic acids is 1. The molecule has 0 unspecified atom stereocenters. The molecule has 0 spiro atoms. The van der Waals surface area contributed by atoms with E-state index in [-0.39, 0.29) is 24.2 Å². The highest BCUT2D eigenvalue weighted by Crippen LogP contribution is 2.37. The average molecular weight is 405 g/mol. The van der Waals surface area contributed by atoms with Crippen LogP contribution >= 0.6 is 0 Å². The summed E-state index contributed by atoms with van der Waals surface area (Å²) in [6, 6.07) is 10.7. The molecule has 0 radical (unpaired) electrons. The summed E-state index contributed by atoms with van der Waals surface area (Å²) in [5.74, 6) is 0.420. The van der Waals surface area contributed by atoms with Gasteiger partial charge in [-0.2, -0.15) is 13.2 Å². The summed E-state index contributed by atoms with van der Waals surface area (Å²) in [7, 11) is 0. The number of ether oxygens (including phenoxy) is 1. The topological polar surface area (TPSA) is 54.8 Å². The van der Waals surface area contributed by atoms with E-state index < -0.39 is 11.7 Å². The molecule has 0 amide bonds. The molecule has 2 aromatic rings. The second-order valence-corrected chi connectivity index (χ2v) is 6.86.